The molecule has 0 unspecified atom stereocenters. The van der Waals surface area contributed by atoms with Crippen molar-refractivity contribution >= 4 is 23.8 Å². The number of halogens is 1. The predicted octanol–water partition coefficient (Wildman–Crippen LogP) is 6.10. The zero-order chi connectivity index (χ0) is 26.9. The Labute approximate surface area is 215 Å². The van der Waals surface area contributed by atoms with E-state index in [4.69, 9.17) is 11.2 Å². The predicted molar refractivity (Wildman–Crippen MR) is 146 cm³/mol. The minimum Gasteiger partial charge on any atom is -0.421 e. The maximum atomic E-state index is 15.4. The van der Waals surface area contributed by atoms with Crippen molar-refractivity contribution in [1.82, 2.24) is 19.5 Å². The number of aromatic nitrogens is 4. The molecule has 0 radical (unpaired) electrons. The van der Waals surface area contributed by atoms with Crippen LogP contribution in [-0.2, 0) is 7.05 Å². The molecule has 0 N–H and O–H groups in total. The van der Waals surface area contributed by atoms with Gasteiger partial charge in [-0.15, -0.1) is 6.42 Å². The Morgan fingerprint density at radius 2 is 1.92 bits per heavy atom. The van der Waals surface area contributed by atoms with E-state index < -0.39 is 5.82 Å². The van der Waals surface area contributed by atoms with Gasteiger partial charge in [0, 0.05) is 35.0 Å². The SMILES string of the molecule is C#Cc1cc(C)c(-c2c(-c3ccc(OC(N=C)=N/C(C)=C\C)c(F)c3)c3c(C)ncnc3n2C)c(C)n1. The van der Waals surface area contributed by atoms with Gasteiger partial charge in [0.05, 0.1) is 11.4 Å². The Kier molecular flexibility index (Phi) is 6.98. The van der Waals surface area contributed by atoms with Crippen molar-refractivity contribution in [3.63, 3.8) is 0 Å². The normalized spacial score (nSPS) is 12.1. The number of aliphatic imine (C=N–C) groups is 2. The lowest BCUT2D eigenvalue weighted by Gasteiger charge is -2.15. The molecule has 3 heterocycles. The van der Waals surface area contributed by atoms with E-state index in [9.17, 15) is 0 Å². The first-order valence-electron chi connectivity index (χ1n) is 11.6. The first-order chi connectivity index (χ1) is 17.7. The summed E-state index contributed by atoms with van der Waals surface area (Å²) in [5, 5.41) is 0.826. The van der Waals surface area contributed by atoms with Crippen LogP contribution in [0.2, 0.25) is 0 Å². The van der Waals surface area contributed by atoms with Gasteiger partial charge in [-0.1, -0.05) is 18.1 Å². The third kappa shape index (κ3) is 4.64. The number of allylic oxidation sites excluding steroid dienone is 2. The van der Waals surface area contributed by atoms with Crippen molar-refractivity contribution in [1.29, 1.82) is 0 Å². The monoisotopic (exact) mass is 494 g/mol. The van der Waals surface area contributed by atoms with Crippen molar-refractivity contribution in [2.45, 2.75) is 34.6 Å². The van der Waals surface area contributed by atoms with Crippen molar-refractivity contribution in [3.8, 4) is 40.5 Å². The van der Waals surface area contributed by atoms with Gasteiger partial charge in [-0.05, 0) is 70.7 Å². The Morgan fingerprint density at radius 1 is 1.16 bits per heavy atom. The number of fused-ring (bicyclic) bond motifs is 1. The fourth-order valence-corrected chi connectivity index (χ4v) is 4.38. The van der Waals surface area contributed by atoms with Crippen molar-refractivity contribution in [2.75, 3.05) is 0 Å². The molecule has 8 heteroatoms. The van der Waals surface area contributed by atoms with Crippen LogP contribution in [-0.4, -0.2) is 32.3 Å². The minimum atomic E-state index is -0.571. The number of rotatable bonds is 4. The molecule has 7 nitrogen and oxygen atoms in total. The highest BCUT2D eigenvalue weighted by atomic mass is 19.1. The highest BCUT2D eigenvalue weighted by Gasteiger charge is 2.25. The highest BCUT2D eigenvalue weighted by Crippen LogP contribution is 2.43. The second-order valence-corrected chi connectivity index (χ2v) is 8.60. The van der Waals surface area contributed by atoms with Crippen molar-refractivity contribution in [3.05, 3.63) is 70.8 Å². The third-order valence-corrected chi connectivity index (χ3v) is 6.19. The summed E-state index contributed by atoms with van der Waals surface area (Å²) in [5.41, 5.74) is 7.64. The van der Waals surface area contributed by atoms with E-state index in [0.29, 0.717) is 17.0 Å². The lowest BCUT2D eigenvalue weighted by molar-refractivity contribution is 0.486. The molecule has 0 saturated heterocycles. The number of hydrogen-bond donors (Lipinski definition) is 0. The van der Waals surface area contributed by atoms with E-state index in [1.165, 1.54) is 12.4 Å². The summed E-state index contributed by atoms with van der Waals surface area (Å²) in [4.78, 5) is 21.5. The van der Waals surface area contributed by atoms with Crippen LogP contribution in [0.4, 0.5) is 4.39 Å². The Morgan fingerprint density at radius 3 is 2.54 bits per heavy atom. The van der Waals surface area contributed by atoms with Gasteiger partial charge in [-0.3, -0.25) is 0 Å². The standard InChI is InChI=1S/C29H27FN6O/c1-9-17(4)34-29(31-7)37-23-12-11-20(14-22(23)30)26-25-18(5)32-15-33-28(25)36(8)27(26)24-16(3)13-21(10-2)35-19(24)6/h2,9,11-15H,7H2,1,3-6,8H3/b17-9-,34-29?. The lowest BCUT2D eigenvalue weighted by Crippen LogP contribution is -2.06. The second-order valence-electron chi connectivity index (χ2n) is 8.60. The van der Waals surface area contributed by atoms with Gasteiger partial charge in [-0.25, -0.2) is 29.3 Å². The average Bonchev–Trinajstić information content (AvgIpc) is 3.17. The van der Waals surface area contributed by atoms with Crippen LogP contribution in [0, 0.1) is 38.9 Å². The fraction of sp³-hybridized carbons (Fsp3) is 0.207. The quantitative estimate of drug-likeness (QED) is 0.195. The largest absolute Gasteiger partial charge is 0.421 e. The molecule has 186 valence electrons. The molecule has 0 aliphatic rings. The number of aryl methyl sites for hydroxylation is 4. The molecule has 0 spiro atoms. The van der Waals surface area contributed by atoms with Crippen LogP contribution in [0.25, 0.3) is 33.4 Å². The Hall–Kier alpha value is -4.64. The molecule has 0 aliphatic heterocycles. The summed E-state index contributed by atoms with van der Waals surface area (Å²) < 4.78 is 23.0. The summed E-state index contributed by atoms with van der Waals surface area (Å²) in [5.74, 6) is 2.02. The number of ether oxygens (including phenoxy) is 1. The molecule has 3 aromatic heterocycles. The summed E-state index contributed by atoms with van der Waals surface area (Å²) in [6, 6.07) is 6.60. The molecule has 0 atom stereocenters. The van der Waals surface area contributed by atoms with E-state index in [1.54, 1.807) is 25.1 Å². The fourth-order valence-electron chi connectivity index (χ4n) is 4.38. The topological polar surface area (TPSA) is 77.5 Å². The first kappa shape index (κ1) is 25.5. The molecule has 0 aliphatic carbocycles. The summed E-state index contributed by atoms with van der Waals surface area (Å²) in [6.07, 6.45) is 8.92. The Balaban J connectivity index is 1.97. The summed E-state index contributed by atoms with van der Waals surface area (Å²) in [7, 11) is 1.93. The van der Waals surface area contributed by atoms with Crippen LogP contribution in [0.1, 0.15) is 36.5 Å². The summed E-state index contributed by atoms with van der Waals surface area (Å²) in [6.45, 7) is 12.9. The van der Waals surface area contributed by atoms with Crippen molar-refractivity contribution < 1.29 is 9.13 Å². The molecule has 37 heavy (non-hydrogen) atoms. The van der Waals surface area contributed by atoms with Gasteiger partial charge in [0.1, 0.15) is 17.7 Å². The number of amidine groups is 1. The molecular weight excluding hydrogens is 467 g/mol. The van der Waals surface area contributed by atoms with Gasteiger partial charge >= 0.3 is 6.02 Å². The van der Waals surface area contributed by atoms with E-state index in [1.807, 2.05) is 45.4 Å². The average molecular weight is 495 g/mol. The van der Waals surface area contributed by atoms with Crippen LogP contribution in [0.15, 0.2) is 52.4 Å². The zero-order valence-electron chi connectivity index (χ0n) is 21.7. The molecule has 0 saturated carbocycles. The lowest BCUT2D eigenvalue weighted by atomic mass is 9.94. The van der Waals surface area contributed by atoms with Crippen LogP contribution >= 0.6 is 0 Å². The van der Waals surface area contributed by atoms with E-state index in [0.717, 1.165) is 44.8 Å². The van der Waals surface area contributed by atoms with Gasteiger partial charge in [-0.2, -0.15) is 0 Å². The molecule has 0 fully saturated rings. The van der Waals surface area contributed by atoms with Gasteiger partial charge in [0.2, 0.25) is 0 Å². The molecule has 0 bridgehead atoms. The number of nitrogens with zero attached hydrogens (tertiary/aromatic N) is 6. The smallest absolute Gasteiger partial charge is 0.321 e. The van der Waals surface area contributed by atoms with Gasteiger partial charge in [0.15, 0.2) is 11.6 Å². The highest BCUT2D eigenvalue weighted by molar-refractivity contribution is 6.05. The Bertz CT molecular complexity index is 1630. The second kappa shape index (κ2) is 10.2. The molecule has 0 amide bonds. The number of benzene rings is 1. The van der Waals surface area contributed by atoms with E-state index in [2.05, 4.69) is 37.6 Å². The van der Waals surface area contributed by atoms with Gasteiger partial charge < -0.3 is 9.30 Å². The third-order valence-electron chi connectivity index (χ3n) is 6.19. The van der Waals surface area contributed by atoms with E-state index >= 15 is 4.39 Å². The van der Waals surface area contributed by atoms with Gasteiger partial charge in [0.25, 0.3) is 0 Å². The molecule has 4 aromatic rings. The first-order valence-corrected chi connectivity index (χ1v) is 11.6. The zero-order valence-corrected chi connectivity index (χ0v) is 21.7. The van der Waals surface area contributed by atoms with Crippen LogP contribution < -0.4 is 4.74 Å². The molecule has 4 rings (SSSR count). The van der Waals surface area contributed by atoms with Crippen LogP contribution in [0.3, 0.4) is 0 Å². The number of terminal acetylenes is 1. The number of pyridine rings is 1. The number of hydrogen-bond acceptors (Lipinski definition) is 5. The maximum absolute atomic E-state index is 15.4. The minimum absolute atomic E-state index is 0.0130. The van der Waals surface area contributed by atoms with Crippen molar-refractivity contribution in [2.24, 2.45) is 17.0 Å². The van der Waals surface area contributed by atoms with Crippen LogP contribution in [0.5, 0.6) is 5.75 Å². The van der Waals surface area contributed by atoms with E-state index in [-0.39, 0.29) is 11.8 Å². The molecular formula is C29H27FN6O. The summed E-state index contributed by atoms with van der Waals surface area (Å²) >= 11 is 0. The maximum Gasteiger partial charge on any atom is 0.321 e. The molecule has 1 aromatic carbocycles.